The van der Waals surface area contributed by atoms with Crippen molar-refractivity contribution in [3.05, 3.63) is 71.4 Å². The van der Waals surface area contributed by atoms with Crippen molar-refractivity contribution < 1.29 is 0 Å². The minimum Gasteiger partial charge on any atom is -0.313 e. The summed E-state index contributed by atoms with van der Waals surface area (Å²) < 4.78 is 2.43. The highest BCUT2D eigenvalue weighted by atomic mass is 15.0. The van der Waals surface area contributed by atoms with E-state index >= 15 is 0 Å². The number of rotatable bonds is 1. The number of para-hydroxylation sites is 1. The van der Waals surface area contributed by atoms with Crippen LogP contribution in [0.4, 0.5) is 0 Å². The number of hydrogen-bond acceptors (Lipinski definition) is 0. The lowest BCUT2D eigenvalue weighted by atomic mass is 9.94. The fourth-order valence-electron chi connectivity index (χ4n) is 3.37. The first-order valence-electron chi connectivity index (χ1n) is 7.61. The maximum absolute atomic E-state index is 2.43. The van der Waals surface area contributed by atoms with Crippen LogP contribution in [-0.4, -0.2) is 4.57 Å². The Morgan fingerprint density at radius 2 is 1.86 bits per heavy atom. The van der Waals surface area contributed by atoms with Crippen LogP contribution in [0.2, 0.25) is 0 Å². The smallest absolute Gasteiger partial charge is 0.0537 e. The van der Waals surface area contributed by atoms with Crippen LogP contribution < -0.4 is 0 Å². The van der Waals surface area contributed by atoms with E-state index in [-0.39, 0.29) is 0 Å². The van der Waals surface area contributed by atoms with E-state index in [1.165, 1.54) is 33.4 Å². The Labute approximate surface area is 125 Å². The number of nitrogens with zero attached hydrogens (tertiary/aromatic N) is 1. The molecule has 3 aromatic rings. The monoisotopic (exact) mass is 273 g/mol. The van der Waals surface area contributed by atoms with Gasteiger partial charge in [-0.2, -0.15) is 0 Å². The molecule has 0 saturated carbocycles. The summed E-state index contributed by atoms with van der Waals surface area (Å²) in [5.41, 5.74) is 6.74. The van der Waals surface area contributed by atoms with E-state index in [1.807, 2.05) is 0 Å². The Kier molecular flexibility index (Phi) is 2.75. The Hall–Kier alpha value is -2.28. The molecule has 0 aliphatic heterocycles. The number of allylic oxidation sites excluding steroid dienone is 1. The molecule has 0 amide bonds. The lowest BCUT2D eigenvalue weighted by Gasteiger charge is -2.17. The summed E-state index contributed by atoms with van der Waals surface area (Å²) in [5, 5.41) is 1.37. The van der Waals surface area contributed by atoms with Crippen LogP contribution in [0.1, 0.15) is 23.7 Å². The number of benzene rings is 2. The Balaban J connectivity index is 2.10. The predicted molar refractivity (Wildman–Crippen MR) is 89.9 cm³/mol. The quantitative estimate of drug-likeness (QED) is 0.578. The highest BCUT2D eigenvalue weighted by molar-refractivity contribution is 5.93. The van der Waals surface area contributed by atoms with Crippen molar-refractivity contribution in [1.82, 2.24) is 4.57 Å². The molecule has 2 aromatic carbocycles. The van der Waals surface area contributed by atoms with Gasteiger partial charge in [-0.25, -0.2) is 0 Å². The lowest BCUT2D eigenvalue weighted by Crippen LogP contribution is -2.08. The van der Waals surface area contributed by atoms with Gasteiger partial charge in [0, 0.05) is 22.3 Å². The third kappa shape index (κ3) is 1.92. The molecule has 1 aromatic heterocycles. The molecule has 104 valence electrons. The Morgan fingerprint density at radius 1 is 1.05 bits per heavy atom. The van der Waals surface area contributed by atoms with Gasteiger partial charge in [0.2, 0.25) is 0 Å². The third-order valence-electron chi connectivity index (χ3n) is 4.39. The van der Waals surface area contributed by atoms with Crippen LogP contribution in [0.3, 0.4) is 0 Å². The van der Waals surface area contributed by atoms with Crippen LogP contribution in [0.25, 0.3) is 22.7 Å². The highest BCUT2D eigenvalue weighted by Gasteiger charge is 2.20. The molecule has 1 nitrogen and oxygen atoms in total. The zero-order valence-corrected chi connectivity index (χ0v) is 12.5. The second kappa shape index (κ2) is 4.63. The van der Waals surface area contributed by atoms with E-state index in [1.54, 1.807) is 0 Å². The fraction of sp³-hybridized carbons (Fsp3) is 0.200. The number of aromatic nitrogens is 1. The summed E-state index contributed by atoms with van der Waals surface area (Å²) in [5.74, 6) is 0.602. The molecule has 1 unspecified atom stereocenters. The first-order chi connectivity index (χ1) is 10.2. The summed E-state index contributed by atoms with van der Waals surface area (Å²) in [4.78, 5) is 0. The fourth-order valence-corrected chi connectivity index (χ4v) is 3.37. The molecule has 1 heteroatoms. The number of fused-ring (bicyclic) bond motifs is 3. The molecule has 0 bridgehead atoms. The molecule has 0 spiro atoms. The topological polar surface area (TPSA) is 4.93 Å². The van der Waals surface area contributed by atoms with Gasteiger partial charge in [0.25, 0.3) is 0 Å². The zero-order valence-electron chi connectivity index (χ0n) is 12.5. The standard InChI is InChI=1S/C20H19N/c1-14-9-11-19-18(12-14)17-10-8-15(2)13-20(17)21(19)16-6-4-3-5-7-16/h3-12,15H,13H2,1-2H3. The summed E-state index contributed by atoms with van der Waals surface area (Å²) in [6.07, 6.45) is 5.75. The van der Waals surface area contributed by atoms with Crippen molar-refractivity contribution in [2.24, 2.45) is 5.92 Å². The molecule has 0 radical (unpaired) electrons. The molecule has 1 aliphatic carbocycles. The zero-order chi connectivity index (χ0) is 14.4. The van der Waals surface area contributed by atoms with Gasteiger partial charge in [0.05, 0.1) is 5.52 Å². The summed E-state index contributed by atoms with van der Waals surface area (Å²) in [6.45, 7) is 4.46. The van der Waals surface area contributed by atoms with Crippen LogP contribution in [-0.2, 0) is 6.42 Å². The second-order valence-corrected chi connectivity index (χ2v) is 6.09. The molecule has 1 aliphatic rings. The minimum atomic E-state index is 0.602. The Morgan fingerprint density at radius 3 is 2.67 bits per heavy atom. The second-order valence-electron chi connectivity index (χ2n) is 6.09. The van der Waals surface area contributed by atoms with Gasteiger partial charge in [-0.1, -0.05) is 48.9 Å². The van der Waals surface area contributed by atoms with Gasteiger partial charge in [-0.15, -0.1) is 0 Å². The predicted octanol–water partition coefficient (Wildman–Crippen LogP) is 5.14. The van der Waals surface area contributed by atoms with E-state index in [0.717, 1.165) is 6.42 Å². The van der Waals surface area contributed by atoms with Crippen molar-refractivity contribution in [2.75, 3.05) is 0 Å². The van der Waals surface area contributed by atoms with E-state index in [4.69, 9.17) is 0 Å². The molecular weight excluding hydrogens is 254 g/mol. The minimum absolute atomic E-state index is 0.602. The average molecular weight is 273 g/mol. The molecule has 0 N–H and O–H groups in total. The summed E-state index contributed by atoms with van der Waals surface area (Å²) >= 11 is 0. The van der Waals surface area contributed by atoms with Crippen molar-refractivity contribution in [3.63, 3.8) is 0 Å². The van der Waals surface area contributed by atoms with Crippen molar-refractivity contribution in [2.45, 2.75) is 20.3 Å². The maximum Gasteiger partial charge on any atom is 0.0537 e. The van der Waals surface area contributed by atoms with E-state index in [9.17, 15) is 0 Å². The molecule has 1 atom stereocenters. The molecule has 0 fully saturated rings. The van der Waals surface area contributed by atoms with Gasteiger partial charge in [0.15, 0.2) is 0 Å². The molecule has 4 rings (SSSR count). The molecule has 0 saturated heterocycles. The highest BCUT2D eigenvalue weighted by Crippen LogP contribution is 2.35. The number of aryl methyl sites for hydroxylation is 1. The molecular formula is C20H19N. The van der Waals surface area contributed by atoms with Crippen LogP contribution in [0.15, 0.2) is 54.6 Å². The summed E-state index contributed by atoms with van der Waals surface area (Å²) in [7, 11) is 0. The molecule has 1 heterocycles. The van der Waals surface area contributed by atoms with Crippen LogP contribution in [0, 0.1) is 12.8 Å². The summed E-state index contributed by atoms with van der Waals surface area (Å²) in [6, 6.07) is 17.5. The maximum atomic E-state index is 2.43. The van der Waals surface area contributed by atoms with Crippen molar-refractivity contribution in [3.8, 4) is 5.69 Å². The van der Waals surface area contributed by atoms with Crippen LogP contribution >= 0.6 is 0 Å². The van der Waals surface area contributed by atoms with Crippen LogP contribution in [0.5, 0.6) is 0 Å². The van der Waals surface area contributed by atoms with E-state index in [2.05, 4.69) is 79.1 Å². The first kappa shape index (κ1) is 12.5. The average Bonchev–Trinajstić information content (AvgIpc) is 2.81. The van der Waals surface area contributed by atoms with Gasteiger partial charge < -0.3 is 4.57 Å². The normalized spacial score (nSPS) is 17.1. The van der Waals surface area contributed by atoms with Gasteiger partial charge >= 0.3 is 0 Å². The molecule has 21 heavy (non-hydrogen) atoms. The Bertz CT molecular complexity index is 837. The first-order valence-corrected chi connectivity index (χ1v) is 7.61. The van der Waals surface area contributed by atoms with E-state index in [0.29, 0.717) is 5.92 Å². The van der Waals surface area contributed by atoms with Crippen molar-refractivity contribution in [1.29, 1.82) is 0 Å². The lowest BCUT2D eigenvalue weighted by molar-refractivity contribution is 0.690. The SMILES string of the molecule is Cc1ccc2c(c1)c1c(n2-c2ccccc2)CC(C)C=C1. The van der Waals surface area contributed by atoms with Gasteiger partial charge in [0.1, 0.15) is 0 Å². The van der Waals surface area contributed by atoms with Gasteiger partial charge in [-0.3, -0.25) is 0 Å². The van der Waals surface area contributed by atoms with Crippen molar-refractivity contribution >= 4 is 17.0 Å². The number of hydrogen-bond donors (Lipinski definition) is 0. The third-order valence-corrected chi connectivity index (χ3v) is 4.39. The largest absolute Gasteiger partial charge is 0.313 e. The van der Waals surface area contributed by atoms with E-state index < -0.39 is 0 Å². The van der Waals surface area contributed by atoms with Gasteiger partial charge in [-0.05, 0) is 43.5 Å².